The molecule has 20 heavy (non-hydrogen) atoms. The number of aliphatic hydroxyl groups is 1. The molecule has 0 saturated heterocycles. The van der Waals surface area contributed by atoms with Crippen molar-refractivity contribution in [2.45, 2.75) is 29.7 Å². The molecule has 1 fully saturated rings. The monoisotopic (exact) mass is 303 g/mol. The van der Waals surface area contributed by atoms with Crippen LogP contribution in [0.3, 0.4) is 0 Å². The van der Waals surface area contributed by atoms with Crippen molar-refractivity contribution in [3.63, 3.8) is 0 Å². The Morgan fingerprint density at radius 3 is 2.50 bits per heavy atom. The third-order valence-electron chi connectivity index (χ3n) is 3.44. The minimum atomic E-state index is -4.00. The van der Waals surface area contributed by atoms with Crippen LogP contribution in [0.5, 0.6) is 0 Å². The summed E-state index contributed by atoms with van der Waals surface area (Å²) in [7, 11) is -4.00. The van der Waals surface area contributed by atoms with Crippen LogP contribution in [0.15, 0.2) is 23.1 Å². The maximum Gasteiger partial charge on any atom is 0.338 e. The van der Waals surface area contributed by atoms with E-state index in [1.165, 1.54) is 0 Å². The van der Waals surface area contributed by atoms with Crippen LogP contribution >= 0.6 is 0 Å². The highest BCUT2D eigenvalue weighted by Gasteiger charge is 2.40. The SMILES string of the molecule is O=C(O)c1cc(S(=O)(=O)NC2(CO)CCC2)ccc1F. The highest BCUT2D eigenvalue weighted by molar-refractivity contribution is 7.89. The maximum absolute atomic E-state index is 13.3. The van der Waals surface area contributed by atoms with Gasteiger partial charge in [0.1, 0.15) is 5.82 Å². The fourth-order valence-electron chi connectivity index (χ4n) is 2.08. The number of nitrogens with one attached hydrogen (secondary N) is 1. The average Bonchev–Trinajstić information content (AvgIpc) is 2.34. The molecule has 0 amide bonds. The summed E-state index contributed by atoms with van der Waals surface area (Å²) < 4.78 is 39.9. The summed E-state index contributed by atoms with van der Waals surface area (Å²) in [4.78, 5) is 10.5. The third-order valence-corrected chi connectivity index (χ3v) is 5.02. The number of carboxylic acids is 1. The molecule has 0 unspecified atom stereocenters. The van der Waals surface area contributed by atoms with Crippen molar-refractivity contribution in [3.05, 3.63) is 29.6 Å². The van der Waals surface area contributed by atoms with E-state index in [0.717, 1.165) is 24.6 Å². The number of hydrogen-bond donors (Lipinski definition) is 3. The second-order valence-electron chi connectivity index (χ2n) is 4.84. The Balaban J connectivity index is 2.35. The van der Waals surface area contributed by atoms with E-state index in [1.54, 1.807) is 0 Å². The van der Waals surface area contributed by atoms with Gasteiger partial charge in [0.15, 0.2) is 0 Å². The Morgan fingerprint density at radius 1 is 1.40 bits per heavy atom. The van der Waals surface area contributed by atoms with Crippen LogP contribution < -0.4 is 4.72 Å². The van der Waals surface area contributed by atoms with Crippen molar-refractivity contribution in [2.75, 3.05) is 6.61 Å². The summed E-state index contributed by atoms with van der Waals surface area (Å²) >= 11 is 0. The summed E-state index contributed by atoms with van der Waals surface area (Å²) in [6.07, 6.45) is 1.82. The lowest BCUT2D eigenvalue weighted by atomic mass is 9.78. The quantitative estimate of drug-likeness (QED) is 0.743. The van der Waals surface area contributed by atoms with Gasteiger partial charge in [-0.25, -0.2) is 22.3 Å². The van der Waals surface area contributed by atoms with Crippen LogP contribution in [-0.2, 0) is 10.0 Å². The van der Waals surface area contributed by atoms with Crippen molar-refractivity contribution >= 4 is 16.0 Å². The predicted molar refractivity (Wildman–Crippen MR) is 67.3 cm³/mol. The minimum Gasteiger partial charge on any atom is -0.478 e. The second-order valence-corrected chi connectivity index (χ2v) is 6.53. The van der Waals surface area contributed by atoms with E-state index in [2.05, 4.69) is 4.72 Å². The molecule has 0 radical (unpaired) electrons. The zero-order valence-corrected chi connectivity index (χ0v) is 11.3. The van der Waals surface area contributed by atoms with Crippen LogP contribution in [0.25, 0.3) is 0 Å². The summed E-state index contributed by atoms with van der Waals surface area (Å²) in [6.45, 7) is -0.334. The number of benzene rings is 1. The molecule has 2 rings (SSSR count). The Hall–Kier alpha value is -1.51. The molecular formula is C12H14FNO5S. The van der Waals surface area contributed by atoms with Gasteiger partial charge in [0, 0.05) is 0 Å². The first-order valence-corrected chi connectivity index (χ1v) is 7.46. The number of carbonyl (C=O) groups is 1. The number of rotatable bonds is 5. The molecule has 0 spiro atoms. The van der Waals surface area contributed by atoms with E-state index in [0.29, 0.717) is 12.8 Å². The molecule has 1 aliphatic rings. The highest BCUT2D eigenvalue weighted by Crippen LogP contribution is 2.33. The van der Waals surface area contributed by atoms with Crippen molar-refractivity contribution in [2.24, 2.45) is 0 Å². The first kappa shape index (κ1) is 14.9. The lowest BCUT2D eigenvalue weighted by Crippen LogP contribution is -2.55. The molecule has 1 aromatic rings. The highest BCUT2D eigenvalue weighted by atomic mass is 32.2. The van der Waals surface area contributed by atoms with Gasteiger partial charge in [-0.2, -0.15) is 0 Å². The van der Waals surface area contributed by atoms with Crippen LogP contribution in [0, 0.1) is 5.82 Å². The normalized spacial score (nSPS) is 17.5. The van der Waals surface area contributed by atoms with Crippen LogP contribution in [-0.4, -0.2) is 36.7 Å². The van der Waals surface area contributed by atoms with E-state index in [1.807, 2.05) is 0 Å². The van der Waals surface area contributed by atoms with E-state index >= 15 is 0 Å². The van der Waals surface area contributed by atoms with Crippen LogP contribution in [0.2, 0.25) is 0 Å². The molecule has 1 saturated carbocycles. The van der Waals surface area contributed by atoms with Gasteiger partial charge in [-0.1, -0.05) is 0 Å². The molecular weight excluding hydrogens is 289 g/mol. The molecule has 1 aliphatic carbocycles. The number of sulfonamides is 1. The molecule has 8 heteroatoms. The fourth-order valence-corrected chi connectivity index (χ4v) is 3.55. The van der Waals surface area contributed by atoms with Gasteiger partial charge in [-0.15, -0.1) is 0 Å². The Kier molecular flexibility index (Phi) is 3.81. The Morgan fingerprint density at radius 2 is 2.05 bits per heavy atom. The lowest BCUT2D eigenvalue weighted by molar-refractivity contribution is 0.0691. The van der Waals surface area contributed by atoms with Crippen molar-refractivity contribution < 1.29 is 27.8 Å². The average molecular weight is 303 g/mol. The van der Waals surface area contributed by atoms with Crippen LogP contribution in [0.4, 0.5) is 4.39 Å². The van der Waals surface area contributed by atoms with E-state index < -0.39 is 32.9 Å². The number of aliphatic hydroxyl groups excluding tert-OH is 1. The van der Waals surface area contributed by atoms with Gasteiger partial charge in [0.25, 0.3) is 0 Å². The van der Waals surface area contributed by atoms with Gasteiger partial charge >= 0.3 is 5.97 Å². The number of hydrogen-bond acceptors (Lipinski definition) is 4. The fraction of sp³-hybridized carbons (Fsp3) is 0.417. The van der Waals surface area contributed by atoms with Crippen molar-refractivity contribution in [3.8, 4) is 0 Å². The van der Waals surface area contributed by atoms with Gasteiger partial charge in [-0.05, 0) is 37.5 Å². The standard InChI is InChI=1S/C12H14FNO5S/c13-10-3-2-8(6-9(10)11(16)17)20(18,19)14-12(7-15)4-1-5-12/h2-3,6,14-15H,1,4-5,7H2,(H,16,17). The summed E-state index contributed by atoms with van der Waals surface area (Å²) in [5.74, 6) is -2.54. The first-order chi connectivity index (χ1) is 9.30. The molecule has 0 atom stereocenters. The Bertz CT molecular complexity index is 634. The molecule has 3 N–H and O–H groups in total. The molecule has 110 valence electrons. The molecule has 0 bridgehead atoms. The topological polar surface area (TPSA) is 104 Å². The zero-order valence-electron chi connectivity index (χ0n) is 10.5. The van der Waals surface area contributed by atoms with Crippen molar-refractivity contribution in [1.29, 1.82) is 0 Å². The van der Waals surface area contributed by atoms with Gasteiger partial charge < -0.3 is 10.2 Å². The summed E-state index contributed by atoms with van der Waals surface area (Å²) in [5, 5.41) is 18.0. The van der Waals surface area contributed by atoms with Gasteiger partial charge in [-0.3, -0.25) is 0 Å². The van der Waals surface area contributed by atoms with Gasteiger partial charge in [0.2, 0.25) is 10.0 Å². The van der Waals surface area contributed by atoms with E-state index in [-0.39, 0.29) is 11.5 Å². The molecule has 0 heterocycles. The molecule has 0 aliphatic heterocycles. The van der Waals surface area contributed by atoms with Crippen molar-refractivity contribution in [1.82, 2.24) is 4.72 Å². The van der Waals surface area contributed by atoms with Crippen LogP contribution in [0.1, 0.15) is 29.6 Å². The smallest absolute Gasteiger partial charge is 0.338 e. The number of halogens is 1. The maximum atomic E-state index is 13.3. The minimum absolute atomic E-state index is 0.334. The number of carboxylic acid groups (broad SMARTS) is 1. The lowest BCUT2D eigenvalue weighted by Gasteiger charge is -2.40. The first-order valence-electron chi connectivity index (χ1n) is 5.97. The Labute approximate surface area is 115 Å². The van der Waals surface area contributed by atoms with E-state index in [4.69, 9.17) is 5.11 Å². The second kappa shape index (κ2) is 5.12. The molecule has 0 aromatic heterocycles. The molecule has 1 aromatic carbocycles. The summed E-state index contributed by atoms with van der Waals surface area (Å²) in [5.41, 5.74) is -1.60. The third kappa shape index (κ3) is 2.67. The molecule has 6 nitrogen and oxygen atoms in total. The van der Waals surface area contributed by atoms with E-state index in [9.17, 15) is 22.7 Å². The van der Waals surface area contributed by atoms with Gasteiger partial charge in [0.05, 0.1) is 22.6 Å². The zero-order chi connectivity index (χ0) is 15.0. The number of aromatic carboxylic acids is 1. The predicted octanol–water partition coefficient (Wildman–Crippen LogP) is 0.717. The largest absolute Gasteiger partial charge is 0.478 e. The summed E-state index contributed by atoms with van der Waals surface area (Å²) in [6, 6.07) is 2.56.